The molecule has 0 spiro atoms. The molecule has 0 bridgehead atoms. The predicted octanol–water partition coefficient (Wildman–Crippen LogP) is 5.49. The number of rotatable bonds is 6. The van der Waals surface area contributed by atoms with Gasteiger partial charge in [-0.3, -0.25) is 4.79 Å². The van der Waals surface area contributed by atoms with Crippen molar-refractivity contribution >= 4 is 34.4 Å². The molecule has 1 amide bonds. The molecule has 0 saturated carbocycles. The molecule has 0 aliphatic carbocycles. The van der Waals surface area contributed by atoms with E-state index in [4.69, 9.17) is 0 Å². The zero-order chi connectivity index (χ0) is 25.1. The highest BCUT2D eigenvalue weighted by Crippen LogP contribution is 2.31. The smallest absolute Gasteiger partial charge is 0.240 e. The van der Waals surface area contributed by atoms with Gasteiger partial charge in [0.15, 0.2) is 0 Å². The van der Waals surface area contributed by atoms with Crippen LogP contribution >= 0.6 is 0 Å². The standard InChI is InChI=1S/C29H27N5O2/c1-3-34-27-17-23(26-15-16-28(35)33-32-26)13-14-24(27)25(29(34)36)18-30-31-19(2)20-9-11-22(12-10-20)21-7-5-4-6-8-21/h4-14,17-18,36H,3,15-16H2,1-2H3,(H,33,35)/b30-18+,31-19?. The summed E-state index contributed by atoms with van der Waals surface area (Å²) >= 11 is 0. The van der Waals surface area contributed by atoms with Gasteiger partial charge >= 0.3 is 0 Å². The summed E-state index contributed by atoms with van der Waals surface area (Å²) in [6.07, 6.45) is 2.61. The Morgan fingerprint density at radius 1 is 1.03 bits per heavy atom. The van der Waals surface area contributed by atoms with Gasteiger partial charge in [-0.2, -0.15) is 15.3 Å². The number of aromatic hydroxyl groups is 1. The van der Waals surface area contributed by atoms with E-state index in [1.54, 1.807) is 6.21 Å². The first-order valence-electron chi connectivity index (χ1n) is 12.0. The summed E-state index contributed by atoms with van der Waals surface area (Å²) in [4.78, 5) is 11.4. The number of carbonyl (C=O) groups excluding carboxylic acids is 1. The Morgan fingerprint density at radius 3 is 2.44 bits per heavy atom. The number of carbonyl (C=O) groups is 1. The fourth-order valence-electron chi connectivity index (χ4n) is 4.44. The Hall–Kier alpha value is -4.52. The van der Waals surface area contributed by atoms with Gasteiger partial charge < -0.3 is 9.67 Å². The molecular formula is C29H27N5O2. The molecule has 7 heteroatoms. The maximum absolute atomic E-state index is 11.4. The van der Waals surface area contributed by atoms with Crippen LogP contribution in [0.3, 0.4) is 0 Å². The van der Waals surface area contributed by atoms with Crippen molar-refractivity contribution in [3.8, 4) is 17.0 Å². The lowest BCUT2D eigenvalue weighted by atomic mass is 10.0. The van der Waals surface area contributed by atoms with Crippen LogP contribution in [0, 0.1) is 0 Å². The second-order valence-corrected chi connectivity index (χ2v) is 8.68. The number of fused-ring (bicyclic) bond motifs is 1. The minimum Gasteiger partial charge on any atom is -0.494 e. The summed E-state index contributed by atoms with van der Waals surface area (Å²) in [6.45, 7) is 4.49. The second-order valence-electron chi connectivity index (χ2n) is 8.68. The fourth-order valence-corrected chi connectivity index (χ4v) is 4.44. The van der Waals surface area contributed by atoms with Gasteiger partial charge in [-0.1, -0.05) is 66.7 Å². The highest BCUT2D eigenvalue weighted by atomic mass is 16.3. The molecule has 0 saturated heterocycles. The molecule has 1 aromatic heterocycles. The number of benzene rings is 3. The van der Waals surface area contributed by atoms with E-state index in [2.05, 4.69) is 45.0 Å². The van der Waals surface area contributed by atoms with Gasteiger partial charge in [0.05, 0.1) is 28.7 Å². The van der Waals surface area contributed by atoms with Gasteiger partial charge in [0.25, 0.3) is 0 Å². The Labute approximate surface area is 209 Å². The molecule has 2 N–H and O–H groups in total. The highest BCUT2D eigenvalue weighted by molar-refractivity contribution is 6.09. The van der Waals surface area contributed by atoms with Crippen molar-refractivity contribution in [3.63, 3.8) is 0 Å². The summed E-state index contributed by atoms with van der Waals surface area (Å²) in [7, 11) is 0. The topological polar surface area (TPSA) is 91.3 Å². The van der Waals surface area contributed by atoms with Gasteiger partial charge in [0.2, 0.25) is 11.8 Å². The van der Waals surface area contributed by atoms with Crippen molar-refractivity contribution < 1.29 is 9.90 Å². The van der Waals surface area contributed by atoms with Crippen molar-refractivity contribution in [2.75, 3.05) is 0 Å². The molecule has 1 aliphatic rings. The summed E-state index contributed by atoms with van der Waals surface area (Å²) in [6, 6.07) is 24.4. The minimum atomic E-state index is -0.0733. The average Bonchev–Trinajstić information content (AvgIpc) is 3.19. The Morgan fingerprint density at radius 2 is 1.75 bits per heavy atom. The number of aromatic nitrogens is 1. The number of hydrazone groups is 1. The molecule has 0 atom stereocenters. The van der Waals surface area contributed by atoms with Crippen LogP contribution in [0.25, 0.3) is 22.0 Å². The van der Waals surface area contributed by atoms with Gasteiger partial charge in [-0.05, 0) is 42.2 Å². The lowest BCUT2D eigenvalue weighted by molar-refractivity contribution is -0.121. The van der Waals surface area contributed by atoms with Crippen molar-refractivity contribution in [2.24, 2.45) is 15.3 Å². The predicted molar refractivity (Wildman–Crippen MR) is 145 cm³/mol. The van der Waals surface area contributed by atoms with E-state index < -0.39 is 0 Å². The third-order valence-corrected chi connectivity index (χ3v) is 6.43. The Kier molecular flexibility index (Phi) is 6.45. The molecule has 36 heavy (non-hydrogen) atoms. The van der Waals surface area contributed by atoms with Crippen LogP contribution in [-0.4, -0.2) is 33.2 Å². The monoisotopic (exact) mass is 477 g/mol. The highest BCUT2D eigenvalue weighted by Gasteiger charge is 2.18. The van der Waals surface area contributed by atoms with Crippen molar-refractivity contribution in [1.29, 1.82) is 0 Å². The molecule has 0 unspecified atom stereocenters. The van der Waals surface area contributed by atoms with Gasteiger partial charge in [-0.15, -0.1) is 0 Å². The van der Waals surface area contributed by atoms with E-state index in [0.29, 0.717) is 24.9 Å². The van der Waals surface area contributed by atoms with Crippen molar-refractivity contribution in [1.82, 2.24) is 9.99 Å². The first-order valence-corrected chi connectivity index (χ1v) is 12.0. The van der Waals surface area contributed by atoms with Crippen LogP contribution in [0.15, 0.2) is 88.1 Å². The van der Waals surface area contributed by atoms with Crippen molar-refractivity contribution in [2.45, 2.75) is 33.2 Å². The quantitative estimate of drug-likeness (QED) is 0.284. The van der Waals surface area contributed by atoms with Gasteiger partial charge in [-0.25, -0.2) is 5.43 Å². The van der Waals surface area contributed by atoms with E-state index in [9.17, 15) is 9.90 Å². The van der Waals surface area contributed by atoms with E-state index in [0.717, 1.165) is 39.0 Å². The van der Waals surface area contributed by atoms with Crippen LogP contribution in [0.2, 0.25) is 0 Å². The number of hydrogen-bond acceptors (Lipinski definition) is 5. The zero-order valence-electron chi connectivity index (χ0n) is 20.3. The largest absolute Gasteiger partial charge is 0.494 e. The maximum atomic E-state index is 11.4. The van der Waals surface area contributed by atoms with E-state index in [1.807, 2.05) is 66.9 Å². The van der Waals surface area contributed by atoms with Gasteiger partial charge in [0, 0.05) is 24.8 Å². The summed E-state index contributed by atoms with van der Waals surface area (Å²) < 4.78 is 1.83. The molecule has 2 heterocycles. The normalized spacial score (nSPS) is 14.3. The summed E-state index contributed by atoms with van der Waals surface area (Å²) in [5, 5.41) is 24.7. The SMILES string of the molecule is CCn1c(O)c(/C=N/N=C(C)c2ccc(-c3ccccc3)cc2)c2ccc(C3=NNC(=O)CC3)cc21. The second kappa shape index (κ2) is 10.00. The number of amides is 1. The lowest BCUT2D eigenvalue weighted by Gasteiger charge is -2.12. The first kappa shape index (κ1) is 23.2. The molecule has 180 valence electrons. The number of nitrogens with zero attached hydrogens (tertiary/aromatic N) is 4. The zero-order valence-corrected chi connectivity index (χ0v) is 20.3. The van der Waals surface area contributed by atoms with Crippen molar-refractivity contribution in [3.05, 3.63) is 89.5 Å². The molecular weight excluding hydrogens is 450 g/mol. The molecule has 4 aromatic rings. The first-order chi connectivity index (χ1) is 17.5. The Bertz CT molecular complexity index is 1510. The van der Waals surface area contributed by atoms with E-state index in [-0.39, 0.29) is 11.8 Å². The van der Waals surface area contributed by atoms with Crippen LogP contribution < -0.4 is 5.43 Å². The number of nitrogens with one attached hydrogen (secondary N) is 1. The van der Waals surface area contributed by atoms with Crippen LogP contribution in [-0.2, 0) is 11.3 Å². The molecule has 3 aromatic carbocycles. The fraction of sp³-hybridized carbons (Fsp3) is 0.172. The molecule has 1 aliphatic heterocycles. The summed E-state index contributed by atoms with van der Waals surface area (Å²) in [5.74, 6) is 0.0724. The molecule has 0 fully saturated rings. The number of hydrogen-bond donors (Lipinski definition) is 2. The van der Waals surface area contributed by atoms with Crippen LogP contribution in [0.1, 0.15) is 43.4 Å². The van der Waals surface area contributed by atoms with Gasteiger partial charge in [0.1, 0.15) is 0 Å². The van der Waals surface area contributed by atoms with Crippen LogP contribution in [0.4, 0.5) is 0 Å². The number of aryl methyl sites for hydroxylation is 1. The minimum absolute atomic E-state index is 0.0733. The van der Waals surface area contributed by atoms with E-state index >= 15 is 0 Å². The molecule has 5 rings (SSSR count). The average molecular weight is 478 g/mol. The molecule has 0 radical (unpaired) electrons. The third-order valence-electron chi connectivity index (χ3n) is 6.43. The maximum Gasteiger partial charge on any atom is 0.240 e. The lowest BCUT2D eigenvalue weighted by Crippen LogP contribution is -2.25. The third kappa shape index (κ3) is 4.55. The Balaban J connectivity index is 1.41. The van der Waals surface area contributed by atoms with Crippen LogP contribution in [0.5, 0.6) is 5.88 Å². The van der Waals surface area contributed by atoms with E-state index in [1.165, 1.54) is 5.56 Å². The summed E-state index contributed by atoms with van der Waals surface area (Å²) in [5.41, 5.74) is 9.87. The molecule has 7 nitrogen and oxygen atoms in total.